The number of aromatic hydroxyl groups is 1. The molecule has 0 aliphatic carbocycles. The lowest BCUT2D eigenvalue weighted by atomic mass is 10.0. The van der Waals surface area contributed by atoms with Gasteiger partial charge in [0.1, 0.15) is 5.75 Å². The Morgan fingerprint density at radius 3 is 2.44 bits per heavy atom. The SMILES string of the molecule is Cc1cc(-c2ccccc2)c(Cl)c(N)c1O. The van der Waals surface area contributed by atoms with Crippen molar-refractivity contribution in [1.29, 1.82) is 0 Å². The predicted octanol–water partition coefficient (Wildman–Crippen LogP) is 3.60. The Hall–Kier alpha value is -1.67. The van der Waals surface area contributed by atoms with Crippen LogP contribution in [0.4, 0.5) is 5.69 Å². The Balaban J connectivity index is 2.68. The van der Waals surface area contributed by atoms with Gasteiger partial charge in [-0.05, 0) is 24.1 Å². The molecular weight excluding hydrogens is 222 g/mol. The van der Waals surface area contributed by atoms with E-state index in [0.29, 0.717) is 5.02 Å². The van der Waals surface area contributed by atoms with Crippen LogP contribution in [0, 0.1) is 6.92 Å². The number of hydrogen-bond acceptors (Lipinski definition) is 2. The summed E-state index contributed by atoms with van der Waals surface area (Å²) in [6, 6.07) is 11.6. The number of nitrogen functional groups attached to an aromatic ring is 1. The summed E-state index contributed by atoms with van der Waals surface area (Å²) in [5.74, 6) is 0.0599. The topological polar surface area (TPSA) is 46.2 Å². The molecule has 0 aromatic heterocycles. The van der Waals surface area contributed by atoms with E-state index in [0.717, 1.165) is 16.7 Å². The number of rotatable bonds is 1. The smallest absolute Gasteiger partial charge is 0.142 e. The molecule has 0 aliphatic heterocycles. The number of phenols is 1. The molecule has 0 fully saturated rings. The maximum atomic E-state index is 9.65. The maximum Gasteiger partial charge on any atom is 0.142 e. The molecule has 0 bridgehead atoms. The van der Waals surface area contributed by atoms with Crippen molar-refractivity contribution in [3.63, 3.8) is 0 Å². The molecule has 0 amide bonds. The second kappa shape index (κ2) is 4.06. The van der Waals surface area contributed by atoms with Gasteiger partial charge < -0.3 is 10.8 Å². The van der Waals surface area contributed by atoms with Gasteiger partial charge in [0.05, 0.1) is 10.7 Å². The Kier molecular flexibility index (Phi) is 2.75. The molecule has 3 N–H and O–H groups in total. The standard InChI is InChI=1S/C13H12ClNO/c1-8-7-10(9-5-3-2-4-6-9)11(14)12(15)13(8)16/h2-7,16H,15H2,1H3. The number of aryl methyl sites for hydroxylation is 1. The van der Waals surface area contributed by atoms with Gasteiger partial charge in [-0.3, -0.25) is 0 Å². The van der Waals surface area contributed by atoms with Crippen molar-refractivity contribution in [2.24, 2.45) is 0 Å². The molecule has 82 valence electrons. The molecule has 0 spiro atoms. The van der Waals surface area contributed by atoms with Crippen molar-refractivity contribution in [1.82, 2.24) is 0 Å². The third-order valence-electron chi connectivity index (χ3n) is 2.55. The first kappa shape index (κ1) is 10.8. The molecule has 0 saturated heterocycles. The van der Waals surface area contributed by atoms with Crippen molar-refractivity contribution in [2.45, 2.75) is 6.92 Å². The van der Waals surface area contributed by atoms with E-state index in [1.165, 1.54) is 0 Å². The lowest BCUT2D eigenvalue weighted by Gasteiger charge is -2.11. The van der Waals surface area contributed by atoms with Gasteiger partial charge in [0, 0.05) is 5.56 Å². The normalized spacial score (nSPS) is 10.4. The second-order valence-electron chi connectivity index (χ2n) is 3.68. The predicted molar refractivity (Wildman–Crippen MR) is 67.7 cm³/mol. The molecule has 2 aromatic rings. The van der Waals surface area contributed by atoms with Crippen molar-refractivity contribution in [3.8, 4) is 16.9 Å². The monoisotopic (exact) mass is 233 g/mol. The van der Waals surface area contributed by atoms with E-state index in [2.05, 4.69) is 0 Å². The second-order valence-corrected chi connectivity index (χ2v) is 4.06. The van der Waals surface area contributed by atoms with Crippen LogP contribution in [0.5, 0.6) is 5.75 Å². The zero-order valence-electron chi connectivity index (χ0n) is 8.87. The molecule has 0 aliphatic rings. The summed E-state index contributed by atoms with van der Waals surface area (Å²) in [4.78, 5) is 0. The highest BCUT2D eigenvalue weighted by atomic mass is 35.5. The average molecular weight is 234 g/mol. The Labute approximate surface area is 99.3 Å². The highest BCUT2D eigenvalue weighted by molar-refractivity contribution is 6.36. The minimum Gasteiger partial charge on any atom is -0.505 e. The van der Waals surface area contributed by atoms with Gasteiger partial charge in [0.15, 0.2) is 0 Å². The van der Waals surface area contributed by atoms with Gasteiger partial charge in [-0.1, -0.05) is 41.9 Å². The third kappa shape index (κ3) is 1.72. The molecule has 3 heteroatoms. The van der Waals surface area contributed by atoms with Crippen molar-refractivity contribution < 1.29 is 5.11 Å². The minimum atomic E-state index is 0.0599. The molecule has 0 radical (unpaired) electrons. The summed E-state index contributed by atoms with van der Waals surface area (Å²) in [7, 11) is 0. The van der Waals surface area contributed by atoms with Crippen molar-refractivity contribution >= 4 is 17.3 Å². The van der Waals surface area contributed by atoms with Crippen LogP contribution in [0.1, 0.15) is 5.56 Å². The largest absolute Gasteiger partial charge is 0.505 e. The molecule has 0 saturated carbocycles. The van der Waals surface area contributed by atoms with Crippen LogP contribution >= 0.6 is 11.6 Å². The summed E-state index contributed by atoms with van der Waals surface area (Å²) in [6.07, 6.45) is 0. The van der Waals surface area contributed by atoms with E-state index >= 15 is 0 Å². The van der Waals surface area contributed by atoms with Gasteiger partial charge in [0.25, 0.3) is 0 Å². The fourth-order valence-corrected chi connectivity index (χ4v) is 1.89. The number of halogens is 1. The number of hydrogen-bond donors (Lipinski definition) is 2. The number of benzene rings is 2. The van der Waals surface area contributed by atoms with Crippen LogP contribution in [0.15, 0.2) is 36.4 Å². The van der Waals surface area contributed by atoms with E-state index in [9.17, 15) is 5.11 Å². The quantitative estimate of drug-likeness (QED) is 0.584. The first-order valence-electron chi connectivity index (χ1n) is 4.94. The molecule has 2 rings (SSSR count). The van der Waals surface area contributed by atoms with Gasteiger partial charge >= 0.3 is 0 Å². The van der Waals surface area contributed by atoms with Crippen LogP contribution in [0.3, 0.4) is 0 Å². The van der Waals surface area contributed by atoms with Gasteiger partial charge in [-0.15, -0.1) is 0 Å². The summed E-state index contributed by atoms with van der Waals surface area (Å²) < 4.78 is 0. The Morgan fingerprint density at radius 2 is 1.81 bits per heavy atom. The molecule has 0 atom stereocenters. The third-order valence-corrected chi connectivity index (χ3v) is 2.95. The van der Waals surface area contributed by atoms with Crippen LogP contribution in [-0.4, -0.2) is 5.11 Å². The highest BCUT2D eigenvalue weighted by Crippen LogP contribution is 2.39. The number of anilines is 1. The van der Waals surface area contributed by atoms with Gasteiger partial charge in [-0.2, -0.15) is 0 Å². The molecule has 0 unspecified atom stereocenters. The molecule has 16 heavy (non-hydrogen) atoms. The van der Waals surface area contributed by atoms with E-state index in [1.807, 2.05) is 36.4 Å². The summed E-state index contributed by atoms with van der Waals surface area (Å²) in [6.45, 7) is 1.80. The van der Waals surface area contributed by atoms with Crippen LogP contribution in [-0.2, 0) is 0 Å². The van der Waals surface area contributed by atoms with Crippen LogP contribution < -0.4 is 5.73 Å². The fourth-order valence-electron chi connectivity index (χ4n) is 1.64. The molecule has 0 heterocycles. The van der Waals surface area contributed by atoms with Crippen molar-refractivity contribution in [3.05, 3.63) is 47.0 Å². The Bertz CT molecular complexity index is 523. The lowest BCUT2D eigenvalue weighted by molar-refractivity contribution is 0.474. The van der Waals surface area contributed by atoms with Crippen LogP contribution in [0.2, 0.25) is 5.02 Å². The summed E-state index contributed by atoms with van der Waals surface area (Å²) in [5.41, 5.74) is 8.53. The number of nitrogens with two attached hydrogens (primary N) is 1. The lowest BCUT2D eigenvalue weighted by Crippen LogP contribution is -1.92. The van der Waals surface area contributed by atoms with Gasteiger partial charge in [-0.25, -0.2) is 0 Å². The van der Waals surface area contributed by atoms with E-state index < -0.39 is 0 Å². The average Bonchev–Trinajstić information content (AvgIpc) is 2.32. The van der Waals surface area contributed by atoms with Crippen LogP contribution in [0.25, 0.3) is 11.1 Å². The summed E-state index contributed by atoms with van der Waals surface area (Å²) >= 11 is 6.12. The Morgan fingerprint density at radius 1 is 1.19 bits per heavy atom. The zero-order chi connectivity index (χ0) is 11.7. The summed E-state index contributed by atoms with van der Waals surface area (Å²) in [5, 5.41) is 10.0. The zero-order valence-corrected chi connectivity index (χ0v) is 9.62. The van der Waals surface area contributed by atoms with E-state index in [-0.39, 0.29) is 11.4 Å². The molecular formula is C13H12ClNO. The van der Waals surface area contributed by atoms with E-state index in [4.69, 9.17) is 17.3 Å². The van der Waals surface area contributed by atoms with E-state index in [1.54, 1.807) is 6.92 Å². The highest BCUT2D eigenvalue weighted by Gasteiger charge is 2.12. The minimum absolute atomic E-state index is 0.0599. The first-order valence-corrected chi connectivity index (χ1v) is 5.32. The number of phenolic OH excluding ortho intramolecular Hbond substituents is 1. The van der Waals surface area contributed by atoms with Gasteiger partial charge in [0.2, 0.25) is 0 Å². The molecule has 2 nitrogen and oxygen atoms in total. The maximum absolute atomic E-state index is 9.65. The molecule has 2 aromatic carbocycles. The fraction of sp³-hybridized carbons (Fsp3) is 0.0769. The first-order chi connectivity index (χ1) is 7.61. The van der Waals surface area contributed by atoms with Crippen molar-refractivity contribution in [2.75, 3.05) is 5.73 Å².